The second-order valence-corrected chi connectivity index (χ2v) is 8.27. The van der Waals surface area contributed by atoms with E-state index in [1.165, 1.54) is 18.1 Å². The van der Waals surface area contributed by atoms with Crippen molar-refractivity contribution in [1.29, 1.82) is 0 Å². The first-order valence-corrected chi connectivity index (χ1v) is 10.1. The molecule has 4 heterocycles. The van der Waals surface area contributed by atoms with Gasteiger partial charge >= 0.3 is 0 Å². The van der Waals surface area contributed by atoms with Crippen molar-refractivity contribution in [3.8, 4) is 17.0 Å². The van der Waals surface area contributed by atoms with Gasteiger partial charge in [-0.15, -0.1) is 0 Å². The highest BCUT2D eigenvalue weighted by atomic mass is 19.1. The summed E-state index contributed by atoms with van der Waals surface area (Å²) in [7, 11) is 0. The molecular weight excluding hydrogens is 369 g/mol. The number of hydrogen-bond acceptors (Lipinski definition) is 5. The summed E-state index contributed by atoms with van der Waals surface area (Å²) in [5.74, 6) is 1.54. The van der Waals surface area contributed by atoms with Gasteiger partial charge in [0, 0.05) is 38.0 Å². The Kier molecular flexibility index (Phi) is 4.26. The molecule has 0 atom stereocenters. The molecule has 1 fully saturated rings. The van der Waals surface area contributed by atoms with Crippen molar-refractivity contribution in [2.75, 3.05) is 18.0 Å². The summed E-state index contributed by atoms with van der Waals surface area (Å²) in [4.78, 5) is 15.2. The number of para-hydroxylation sites is 1. The summed E-state index contributed by atoms with van der Waals surface area (Å²) in [6.45, 7) is 6.80. The van der Waals surface area contributed by atoms with Gasteiger partial charge in [0.2, 0.25) is 5.95 Å². The van der Waals surface area contributed by atoms with Crippen LogP contribution in [0.1, 0.15) is 32.4 Å². The minimum Gasteiger partial charge on any atom is -0.480 e. The summed E-state index contributed by atoms with van der Waals surface area (Å²) >= 11 is 0. The van der Waals surface area contributed by atoms with Crippen molar-refractivity contribution in [3.05, 3.63) is 54.5 Å². The Balaban J connectivity index is 1.51. The Hall–Kier alpha value is -2.96. The van der Waals surface area contributed by atoms with Crippen LogP contribution in [-0.2, 0) is 12.1 Å². The molecule has 0 amide bonds. The fourth-order valence-corrected chi connectivity index (χ4v) is 4.47. The maximum absolute atomic E-state index is 13.2. The molecule has 1 aromatic carbocycles. The van der Waals surface area contributed by atoms with Crippen LogP contribution in [0.3, 0.4) is 0 Å². The predicted molar refractivity (Wildman–Crippen MR) is 108 cm³/mol. The number of piperidine rings is 1. The van der Waals surface area contributed by atoms with E-state index in [1.54, 1.807) is 0 Å². The lowest BCUT2D eigenvalue weighted by molar-refractivity contribution is 0.0283. The van der Waals surface area contributed by atoms with Gasteiger partial charge in [-0.05, 0) is 18.1 Å². The lowest BCUT2D eigenvalue weighted by Crippen LogP contribution is -2.49. The van der Waals surface area contributed by atoms with Crippen molar-refractivity contribution in [2.45, 2.75) is 38.8 Å². The Morgan fingerprint density at radius 3 is 2.55 bits per heavy atom. The number of ether oxygens (including phenoxy) is 1. The molecular formula is C22H24FN5O. The fraction of sp³-hybridized carbons (Fsp3) is 0.409. The van der Waals surface area contributed by atoms with Gasteiger partial charge in [-0.1, -0.05) is 26.0 Å². The zero-order valence-electron chi connectivity index (χ0n) is 16.7. The van der Waals surface area contributed by atoms with E-state index >= 15 is 0 Å². The minimum absolute atomic E-state index is 0.420. The summed E-state index contributed by atoms with van der Waals surface area (Å²) in [6.07, 6.45) is 5.97. The largest absolute Gasteiger partial charge is 0.480 e. The summed E-state index contributed by atoms with van der Waals surface area (Å²) in [6, 6.07) is 8.14. The summed E-state index contributed by atoms with van der Waals surface area (Å²) < 4.78 is 22.1. The molecule has 150 valence electrons. The maximum atomic E-state index is 13.2. The quantitative estimate of drug-likeness (QED) is 0.673. The van der Waals surface area contributed by atoms with Gasteiger partial charge in [0.1, 0.15) is 5.75 Å². The monoisotopic (exact) mass is 393 g/mol. The molecule has 7 heteroatoms. The molecule has 3 aromatic rings. The van der Waals surface area contributed by atoms with E-state index < -0.39 is 11.4 Å². The zero-order valence-corrected chi connectivity index (χ0v) is 16.7. The third-order valence-corrected chi connectivity index (χ3v) is 5.74. The van der Waals surface area contributed by atoms with Gasteiger partial charge in [-0.3, -0.25) is 0 Å². The molecule has 2 aliphatic rings. The first-order chi connectivity index (χ1) is 14.1. The number of halogens is 1. The van der Waals surface area contributed by atoms with Gasteiger partial charge in [0.15, 0.2) is 11.4 Å². The molecule has 2 aromatic heterocycles. The second-order valence-electron chi connectivity index (χ2n) is 8.27. The number of nitrogens with zero attached hydrogens (tertiary/aromatic N) is 5. The SMILES string of the molecule is CC(C)Cn1cnc2c1C1(CCN(c3ncc(F)cn3)CC1)Oc1ccccc1-2. The van der Waals surface area contributed by atoms with Crippen LogP contribution in [-0.4, -0.2) is 32.6 Å². The maximum Gasteiger partial charge on any atom is 0.225 e. The third-order valence-electron chi connectivity index (χ3n) is 5.74. The van der Waals surface area contributed by atoms with Crippen molar-refractivity contribution in [2.24, 2.45) is 5.92 Å². The summed E-state index contributed by atoms with van der Waals surface area (Å²) in [5.41, 5.74) is 2.83. The molecule has 0 saturated carbocycles. The number of rotatable bonds is 3. The van der Waals surface area contributed by atoms with E-state index in [0.29, 0.717) is 11.9 Å². The number of anilines is 1. The molecule has 6 nitrogen and oxygen atoms in total. The van der Waals surface area contributed by atoms with Crippen LogP contribution in [0.2, 0.25) is 0 Å². The Morgan fingerprint density at radius 2 is 1.83 bits per heavy atom. The normalized spacial score (nSPS) is 17.2. The standard InChI is InChI=1S/C22H24FN5O/c1-15(2)13-28-14-26-19-17-5-3-4-6-18(17)29-22(20(19)28)7-9-27(10-8-22)21-24-11-16(23)12-25-21/h3-6,11-12,14-15H,7-10,13H2,1-2H3. The van der Waals surface area contributed by atoms with Gasteiger partial charge in [-0.25, -0.2) is 19.3 Å². The zero-order chi connectivity index (χ0) is 20.0. The molecule has 0 aliphatic carbocycles. The Labute approximate surface area is 169 Å². The van der Waals surface area contributed by atoms with Crippen molar-refractivity contribution >= 4 is 5.95 Å². The van der Waals surface area contributed by atoms with E-state index in [4.69, 9.17) is 9.72 Å². The first-order valence-electron chi connectivity index (χ1n) is 10.1. The molecule has 1 spiro atoms. The van der Waals surface area contributed by atoms with Crippen LogP contribution < -0.4 is 9.64 Å². The number of benzene rings is 1. The molecule has 0 N–H and O–H groups in total. The van der Waals surface area contributed by atoms with Crippen LogP contribution >= 0.6 is 0 Å². The van der Waals surface area contributed by atoms with Crippen LogP contribution in [0.5, 0.6) is 5.75 Å². The van der Waals surface area contributed by atoms with E-state index in [2.05, 4.69) is 39.3 Å². The van der Waals surface area contributed by atoms with E-state index in [0.717, 1.165) is 49.5 Å². The predicted octanol–water partition coefficient (Wildman–Crippen LogP) is 4.02. The van der Waals surface area contributed by atoms with E-state index in [1.807, 2.05) is 24.5 Å². The topological polar surface area (TPSA) is 56.1 Å². The van der Waals surface area contributed by atoms with Crippen molar-refractivity contribution < 1.29 is 9.13 Å². The van der Waals surface area contributed by atoms with Crippen LogP contribution in [0.15, 0.2) is 43.0 Å². The fourth-order valence-electron chi connectivity index (χ4n) is 4.47. The second kappa shape index (κ2) is 6.83. The average molecular weight is 393 g/mol. The Morgan fingerprint density at radius 1 is 1.10 bits per heavy atom. The average Bonchev–Trinajstić information content (AvgIpc) is 3.14. The highest BCUT2D eigenvalue weighted by Gasteiger charge is 2.46. The van der Waals surface area contributed by atoms with E-state index in [9.17, 15) is 4.39 Å². The van der Waals surface area contributed by atoms with Crippen LogP contribution in [0, 0.1) is 11.7 Å². The molecule has 29 heavy (non-hydrogen) atoms. The smallest absolute Gasteiger partial charge is 0.225 e. The number of aromatic nitrogens is 4. The van der Waals surface area contributed by atoms with Crippen molar-refractivity contribution in [3.63, 3.8) is 0 Å². The van der Waals surface area contributed by atoms with Gasteiger partial charge < -0.3 is 14.2 Å². The number of imidazole rings is 1. The highest BCUT2D eigenvalue weighted by Crippen LogP contribution is 2.49. The molecule has 5 rings (SSSR count). The van der Waals surface area contributed by atoms with E-state index in [-0.39, 0.29) is 0 Å². The first kappa shape index (κ1) is 18.1. The highest BCUT2D eigenvalue weighted by molar-refractivity contribution is 5.72. The molecule has 0 unspecified atom stereocenters. The number of hydrogen-bond donors (Lipinski definition) is 0. The molecule has 1 saturated heterocycles. The van der Waals surface area contributed by atoms with Gasteiger partial charge in [0.25, 0.3) is 0 Å². The lowest BCUT2D eigenvalue weighted by Gasteiger charge is -2.44. The van der Waals surface area contributed by atoms with Crippen LogP contribution in [0.25, 0.3) is 11.3 Å². The van der Waals surface area contributed by atoms with Crippen molar-refractivity contribution in [1.82, 2.24) is 19.5 Å². The third kappa shape index (κ3) is 3.05. The molecule has 0 bridgehead atoms. The summed E-state index contributed by atoms with van der Waals surface area (Å²) in [5, 5.41) is 0. The van der Waals surface area contributed by atoms with Gasteiger partial charge in [-0.2, -0.15) is 0 Å². The molecule has 2 aliphatic heterocycles. The minimum atomic E-state index is -0.425. The van der Waals surface area contributed by atoms with Crippen LogP contribution in [0.4, 0.5) is 10.3 Å². The van der Waals surface area contributed by atoms with Gasteiger partial charge in [0.05, 0.1) is 30.1 Å². The Bertz CT molecular complexity index is 1020. The molecule has 0 radical (unpaired) electrons. The number of fused-ring (bicyclic) bond motifs is 4. The lowest BCUT2D eigenvalue weighted by atomic mass is 9.83.